The Labute approximate surface area is 83.1 Å². The Hall–Kier alpha value is -1.38. The number of aromatic nitrogens is 1. The maximum Gasteiger partial charge on any atom is 0.140 e. The minimum atomic E-state index is 0.263. The van der Waals surface area contributed by atoms with E-state index in [2.05, 4.69) is 4.98 Å². The molecule has 1 unspecified atom stereocenters. The van der Waals surface area contributed by atoms with Gasteiger partial charge in [0.15, 0.2) is 0 Å². The molecule has 0 aliphatic heterocycles. The zero-order valence-electron chi connectivity index (χ0n) is 8.19. The third kappa shape index (κ3) is 1.62. The molecule has 1 aromatic heterocycles. The van der Waals surface area contributed by atoms with Gasteiger partial charge in [-0.05, 0) is 18.6 Å². The molecule has 0 amide bonds. The standard InChI is InChI=1S/C11H13NO2/c1-14-10-3-2-6-12-11(10)8-4-5-9(13)7-8/h2-3,6,8H,4-5,7H2,1H3. The molecule has 1 aliphatic carbocycles. The molecule has 3 nitrogen and oxygen atoms in total. The van der Waals surface area contributed by atoms with E-state index in [9.17, 15) is 4.79 Å². The third-order valence-electron chi connectivity index (χ3n) is 2.65. The van der Waals surface area contributed by atoms with Gasteiger partial charge in [-0.1, -0.05) is 0 Å². The second kappa shape index (κ2) is 3.78. The number of ketones is 1. The lowest BCUT2D eigenvalue weighted by Crippen LogP contribution is -2.00. The molecule has 3 heteroatoms. The summed E-state index contributed by atoms with van der Waals surface area (Å²) >= 11 is 0. The summed E-state index contributed by atoms with van der Waals surface area (Å²) in [6.07, 6.45) is 3.96. The van der Waals surface area contributed by atoms with Crippen LogP contribution in [0.15, 0.2) is 18.3 Å². The fraction of sp³-hybridized carbons (Fsp3) is 0.455. The van der Waals surface area contributed by atoms with Crippen LogP contribution in [-0.4, -0.2) is 17.9 Å². The average Bonchev–Trinajstić information content (AvgIpc) is 2.65. The monoisotopic (exact) mass is 191 g/mol. The van der Waals surface area contributed by atoms with Gasteiger partial charge in [-0.25, -0.2) is 0 Å². The number of rotatable bonds is 2. The topological polar surface area (TPSA) is 39.2 Å². The molecule has 1 heterocycles. The lowest BCUT2D eigenvalue weighted by atomic mass is 10.0. The van der Waals surface area contributed by atoms with Crippen LogP contribution in [0.5, 0.6) is 5.75 Å². The summed E-state index contributed by atoms with van der Waals surface area (Å²) in [7, 11) is 1.64. The van der Waals surface area contributed by atoms with E-state index in [0.29, 0.717) is 18.6 Å². The van der Waals surface area contributed by atoms with Crippen molar-refractivity contribution in [3.05, 3.63) is 24.0 Å². The smallest absolute Gasteiger partial charge is 0.140 e. The van der Waals surface area contributed by atoms with Crippen molar-refractivity contribution in [3.8, 4) is 5.75 Å². The van der Waals surface area contributed by atoms with Crippen molar-refractivity contribution in [2.75, 3.05) is 7.11 Å². The molecule has 2 rings (SSSR count). The van der Waals surface area contributed by atoms with Crippen LogP contribution in [0.25, 0.3) is 0 Å². The minimum absolute atomic E-state index is 0.263. The number of hydrogen-bond donors (Lipinski definition) is 0. The summed E-state index contributed by atoms with van der Waals surface area (Å²) < 4.78 is 5.22. The summed E-state index contributed by atoms with van der Waals surface area (Å²) in [5.74, 6) is 1.40. The van der Waals surface area contributed by atoms with Gasteiger partial charge in [-0.3, -0.25) is 9.78 Å². The molecule has 0 spiro atoms. The van der Waals surface area contributed by atoms with E-state index in [0.717, 1.165) is 17.9 Å². The Morgan fingerprint density at radius 2 is 2.43 bits per heavy atom. The number of Topliss-reactive ketones (excluding diaryl/α,β-unsaturated/α-hetero) is 1. The molecule has 1 aliphatic rings. The zero-order chi connectivity index (χ0) is 9.97. The summed E-state index contributed by atoms with van der Waals surface area (Å²) in [5, 5.41) is 0. The van der Waals surface area contributed by atoms with Gasteiger partial charge in [0.25, 0.3) is 0 Å². The van der Waals surface area contributed by atoms with Gasteiger partial charge in [0.1, 0.15) is 11.5 Å². The molecule has 0 bridgehead atoms. The first-order valence-corrected chi connectivity index (χ1v) is 4.82. The lowest BCUT2D eigenvalue weighted by Gasteiger charge is -2.11. The largest absolute Gasteiger partial charge is 0.495 e. The van der Waals surface area contributed by atoms with Crippen molar-refractivity contribution < 1.29 is 9.53 Å². The van der Waals surface area contributed by atoms with Crippen LogP contribution < -0.4 is 4.74 Å². The fourth-order valence-corrected chi connectivity index (χ4v) is 1.93. The maximum atomic E-state index is 11.2. The summed E-state index contributed by atoms with van der Waals surface area (Å²) in [6.45, 7) is 0. The van der Waals surface area contributed by atoms with Crippen molar-refractivity contribution in [2.24, 2.45) is 0 Å². The second-order valence-corrected chi connectivity index (χ2v) is 3.57. The number of methoxy groups -OCH3 is 1. The SMILES string of the molecule is COc1cccnc1C1CCC(=O)C1. The normalized spacial score (nSPS) is 21.2. The highest BCUT2D eigenvalue weighted by Gasteiger charge is 2.26. The van der Waals surface area contributed by atoms with Crippen LogP contribution in [0.2, 0.25) is 0 Å². The van der Waals surface area contributed by atoms with E-state index < -0.39 is 0 Å². The number of nitrogens with zero attached hydrogens (tertiary/aromatic N) is 1. The molecule has 1 atom stereocenters. The molecule has 74 valence electrons. The number of carbonyl (C=O) groups is 1. The van der Waals surface area contributed by atoms with Crippen molar-refractivity contribution in [3.63, 3.8) is 0 Å². The summed E-state index contributed by atoms with van der Waals surface area (Å²) in [6, 6.07) is 3.74. The van der Waals surface area contributed by atoms with Crippen molar-refractivity contribution >= 4 is 5.78 Å². The second-order valence-electron chi connectivity index (χ2n) is 3.57. The van der Waals surface area contributed by atoms with Gasteiger partial charge in [-0.15, -0.1) is 0 Å². The highest BCUT2D eigenvalue weighted by molar-refractivity contribution is 5.81. The van der Waals surface area contributed by atoms with Crippen LogP contribution in [0.1, 0.15) is 30.9 Å². The number of ether oxygens (including phenoxy) is 1. The fourth-order valence-electron chi connectivity index (χ4n) is 1.93. The highest BCUT2D eigenvalue weighted by Crippen LogP contribution is 2.35. The predicted molar refractivity (Wildman–Crippen MR) is 52.4 cm³/mol. The first-order chi connectivity index (χ1) is 6.81. The Morgan fingerprint density at radius 3 is 3.07 bits per heavy atom. The highest BCUT2D eigenvalue weighted by atomic mass is 16.5. The zero-order valence-corrected chi connectivity index (χ0v) is 8.19. The first kappa shape index (κ1) is 9.19. The minimum Gasteiger partial charge on any atom is -0.495 e. The third-order valence-corrected chi connectivity index (χ3v) is 2.65. The molecular formula is C11H13NO2. The number of pyridine rings is 1. The average molecular weight is 191 g/mol. The van der Waals surface area contributed by atoms with Gasteiger partial charge < -0.3 is 4.74 Å². The van der Waals surface area contributed by atoms with Crippen molar-refractivity contribution in [1.29, 1.82) is 0 Å². The molecule has 0 saturated heterocycles. The van der Waals surface area contributed by atoms with Crippen LogP contribution in [0.4, 0.5) is 0 Å². The van der Waals surface area contributed by atoms with Gasteiger partial charge in [0.2, 0.25) is 0 Å². The maximum absolute atomic E-state index is 11.2. The van der Waals surface area contributed by atoms with E-state index in [-0.39, 0.29) is 5.92 Å². The van der Waals surface area contributed by atoms with E-state index in [1.165, 1.54) is 0 Å². The molecule has 0 N–H and O–H groups in total. The molecule has 1 saturated carbocycles. The van der Waals surface area contributed by atoms with E-state index in [1.807, 2.05) is 12.1 Å². The Bertz CT molecular complexity index is 349. The molecule has 1 aromatic rings. The quantitative estimate of drug-likeness (QED) is 0.717. The van der Waals surface area contributed by atoms with E-state index in [4.69, 9.17) is 4.74 Å². The van der Waals surface area contributed by atoms with E-state index >= 15 is 0 Å². The summed E-state index contributed by atoms with van der Waals surface area (Å²) in [4.78, 5) is 15.4. The Morgan fingerprint density at radius 1 is 1.57 bits per heavy atom. The van der Waals surface area contributed by atoms with Crippen molar-refractivity contribution in [1.82, 2.24) is 4.98 Å². The molecule has 14 heavy (non-hydrogen) atoms. The lowest BCUT2D eigenvalue weighted by molar-refractivity contribution is -0.117. The van der Waals surface area contributed by atoms with Crippen LogP contribution in [0, 0.1) is 0 Å². The Balaban J connectivity index is 2.27. The van der Waals surface area contributed by atoms with Crippen LogP contribution in [-0.2, 0) is 4.79 Å². The van der Waals surface area contributed by atoms with Gasteiger partial charge in [0.05, 0.1) is 12.8 Å². The van der Waals surface area contributed by atoms with Crippen molar-refractivity contribution in [2.45, 2.75) is 25.2 Å². The summed E-state index contributed by atoms with van der Waals surface area (Å²) in [5.41, 5.74) is 0.931. The van der Waals surface area contributed by atoms with E-state index in [1.54, 1.807) is 13.3 Å². The molecule has 0 radical (unpaired) electrons. The molecular weight excluding hydrogens is 178 g/mol. The number of hydrogen-bond acceptors (Lipinski definition) is 3. The predicted octanol–water partition coefficient (Wildman–Crippen LogP) is 1.93. The molecule has 1 fully saturated rings. The van der Waals surface area contributed by atoms with Gasteiger partial charge >= 0.3 is 0 Å². The molecule has 0 aromatic carbocycles. The first-order valence-electron chi connectivity index (χ1n) is 4.82. The van der Waals surface area contributed by atoms with Gasteiger partial charge in [-0.2, -0.15) is 0 Å². The van der Waals surface area contributed by atoms with Gasteiger partial charge in [0, 0.05) is 25.0 Å². The van der Waals surface area contributed by atoms with Crippen LogP contribution in [0.3, 0.4) is 0 Å². The number of carbonyl (C=O) groups excluding carboxylic acids is 1. The Kier molecular flexibility index (Phi) is 2.48. The van der Waals surface area contributed by atoms with Crippen LogP contribution >= 0.6 is 0 Å².